The minimum absolute atomic E-state index is 0.00477. The summed E-state index contributed by atoms with van der Waals surface area (Å²) in [4.78, 5) is 8.82. The number of hydrogen-bond acceptors (Lipinski definition) is 4. The molecular weight excluding hydrogens is 575 g/mol. The van der Waals surface area contributed by atoms with E-state index in [9.17, 15) is 43.7 Å². The molecule has 4 nitrogen and oxygen atoms in total. The maximum atomic E-state index is 14.4. The van der Waals surface area contributed by atoms with Crippen LogP contribution in [0.15, 0.2) is 79.0 Å². The predicted molar refractivity (Wildman–Crippen MR) is 130 cm³/mol. The summed E-state index contributed by atoms with van der Waals surface area (Å²) in [7, 11) is 0. The molecule has 1 unspecified atom stereocenters. The zero-order chi connectivity index (χ0) is 29.1. The van der Waals surface area contributed by atoms with Gasteiger partial charge in [-0.25, -0.2) is 9.19 Å². The highest BCUT2D eigenvalue weighted by Crippen LogP contribution is 2.54. The van der Waals surface area contributed by atoms with Crippen LogP contribution in [0.5, 0.6) is 5.75 Å². The van der Waals surface area contributed by atoms with Crippen molar-refractivity contribution in [2.75, 3.05) is 0 Å². The zero-order valence-corrected chi connectivity index (χ0v) is 20.3. The average molecular weight is 588 g/mol. The van der Waals surface area contributed by atoms with Crippen LogP contribution in [0.2, 0.25) is 0 Å². The van der Waals surface area contributed by atoms with Gasteiger partial charge in [0.1, 0.15) is 0 Å². The van der Waals surface area contributed by atoms with Gasteiger partial charge in [-0.2, -0.15) is 39.5 Å². The van der Waals surface area contributed by atoms with Gasteiger partial charge in [-0.3, -0.25) is 4.98 Å². The van der Waals surface area contributed by atoms with Gasteiger partial charge in [-0.15, -0.1) is 0 Å². The molecule has 0 aliphatic carbocycles. The van der Waals surface area contributed by atoms with Gasteiger partial charge in [0, 0.05) is 17.0 Å². The van der Waals surface area contributed by atoms with E-state index in [0.717, 1.165) is 6.07 Å². The van der Waals surface area contributed by atoms with E-state index in [1.807, 2.05) is 0 Å². The van der Waals surface area contributed by atoms with Crippen LogP contribution in [-0.4, -0.2) is 37.5 Å². The van der Waals surface area contributed by atoms with E-state index in [1.54, 1.807) is 42.5 Å². The molecule has 0 aliphatic rings. The largest absolute Gasteiger partial charge is 0.460 e. The molecule has 0 fully saturated rings. The summed E-state index contributed by atoms with van der Waals surface area (Å²) >= 11 is -4.71. The molecule has 2 heterocycles. The average Bonchev–Trinajstić information content (AvgIpc) is 2.91. The molecular formula is C26H13F9N2O2S. The van der Waals surface area contributed by atoms with Crippen molar-refractivity contribution in [1.29, 1.82) is 0 Å². The first-order chi connectivity index (χ1) is 18.7. The number of fused-ring (bicyclic) bond motifs is 4. The van der Waals surface area contributed by atoms with Crippen LogP contribution >= 0.6 is 0 Å². The first kappa shape index (κ1) is 27.6. The van der Waals surface area contributed by atoms with Gasteiger partial charge in [0.2, 0.25) is 0 Å². The minimum Gasteiger partial charge on any atom is -0.395 e. The monoisotopic (exact) mass is 588 g/mol. The van der Waals surface area contributed by atoms with Crippen LogP contribution in [0.1, 0.15) is 0 Å². The Morgan fingerprint density at radius 2 is 1.25 bits per heavy atom. The summed E-state index contributed by atoms with van der Waals surface area (Å²) in [5.41, 5.74) is 0.652. The summed E-state index contributed by atoms with van der Waals surface area (Å²) in [6.45, 7) is 0. The summed E-state index contributed by atoms with van der Waals surface area (Å²) in [5, 5.41) is -4.45. The third kappa shape index (κ3) is 4.21. The summed E-state index contributed by atoms with van der Waals surface area (Å²) in [6, 6.07) is 18.4. The lowest BCUT2D eigenvalue weighted by Crippen LogP contribution is -2.62. The summed E-state index contributed by atoms with van der Waals surface area (Å²) in [6.07, 6.45) is -5.56. The molecule has 208 valence electrons. The predicted octanol–water partition coefficient (Wildman–Crippen LogP) is 8.07. The van der Waals surface area contributed by atoms with Gasteiger partial charge < -0.3 is 4.18 Å². The van der Waals surface area contributed by atoms with Gasteiger partial charge in [-0.1, -0.05) is 54.6 Å². The first-order valence-electron chi connectivity index (χ1n) is 11.1. The molecule has 5 aromatic rings. The number of hydrogen-bond donors (Lipinski definition) is 0. The van der Waals surface area contributed by atoms with Crippen molar-refractivity contribution < 1.29 is 47.9 Å². The van der Waals surface area contributed by atoms with Crippen LogP contribution < -0.4 is 4.18 Å². The second-order valence-corrected chi connectivity index (χ2v) is 9.70. The van der Waals surface area contributed by atoms with Crippen molar-refractivity contribution >= 4 is 43.7 Å². The fraction of sp³-hybridized carbons (Fsp3) is 0.154. The molecule has 2 aromatic heterocycles. The second kappa shape index (κ2) is 9.32. The highest BCUT2D eigenvalue weighted by atomic mass is 32.2. The van der Waals surface area contributed by atoms with E-state index in [-0.39, 0.29) is 16.6 Å². The molecule has 0 saturated carbocycles. The third-order valence-corrected chi connectivity index (χ3v) is 7.08. The van der Waals surface area contributed by atoms with E-state index >= 15 is 0 Å². The lowest BCUT2D eigenvalue weighted by molar-refractivity contribution is -0.382. The number of alkyl halides is 9. The number of benzene rings is 3. The zero-order valence-electron chi connectivity index (χ0n) is 19.5. The van der Waals surface area contributed by atoms with E-state index in [0.29, 0.717) is 27.2 Å². The Bertz CT molecular complexity index is 1790. The normalized spacial score (nSPS) is 14.1. The molecule has 14 heteroatoms. The smallest absolute Gasteiger partial charge is 0.395 e. The van der Waals surface area contributed by atoms with Gasteiger partial charge in [0.15, 0.2) is 5.75 Å². The van der Waals surface area contributed by atoms with Crippen LogP contribution in [0, 0.1) is 0 Å². The molecule has 0 saturated heterocycles. The lowest BCUT2D eigenvalue weighted by atomic mass is 10.00. The number of pyridine rings is 2. The van der Waals surface area contributed by atoms with E-state index in [4.69, 9.17) is 0 Å². The third-order valence-electron chi connectivity index (χ3n) is 6.07. The SMILES string of the molecule is O=S(Oc1ccc2ccccc2c1-c1ccc2ccc3cccnc3c2n1)C(F)(F)C(F)(F)C(F)(F)C(F)(F)F. The van der Waals surface area contributed by atoms with Crippen LogP contribution in [-0.2, 0) is 11.1 Å². The highest BCUT2D eigenvalue weighted by molar-refractivity contribution is 7.81. The number of halogens is 9. The fourth-order valence-corrected chi connectivity index (χ4v) is 4.79. The molecule has 5 rings (SSSR count). The van der Waals surface area contributed by atoms with E-state index in [1.165, 1.54) is 30.5 Å². The molecule has 0 spiro atoms. The van der Waals surface area contributed by atoms with Gasteiger partial charge >= 0.3 is 23.3 Å². The Morgan fingerprint density at radius 1 is 0.650 bits per heavy atom. The quantitative estimate of drug-likeness (QED) is 0.149. The van der Waals surface area contributed by atoms with Crippen molar-refractivity contribution in [3.05, 3.63) is 79.0 Å². The molecule has 3 aromatic carbocycles. The molecule has 0 amide bonds. The fourth-order valence-electron chi connectivity index (χ4n) is 4.05. The maximum absolute atomic E-state index is 14.4. The van der Waals surface area contributed by atoms with Crippen LogP contribution in [0.4, 0.5) is 39.5 Å². The number of rotatable bonds is 6. The van der Waals surface area contributed by atoms with Crippen molar-refractivity contribution in [3.63, 3.8) is 0 Å². The molecule has 0 N–H and O–H groups in total. The Morgan fingerprint density at radius 3 is 1.95 bits per heavy atom. The highest BCUT2D eigenvalue weighted by Gasteiger charge is 2.84. The summed E-state index contributed by atoms with van der Waals surface area (Å²) in [5.74, 6) is -15.1. The Kier molecular flexibility index (Phi) is 6.44. The first-order valence-corrected chi connectivity index (χ1v) is 12.2. The number of nitrogens with zero attached hydrogens (tertiary/aromatic N) is 2. The minimum atomic E-state index is -7.22. The lowest BCUT2D eigenvalue weighted by Gasteiger charge is -2.32. The van der Waals surface area contributed by atoms with Gasteiger partial charge in [0.25, 0.3) is 11.1 Å². The molecule has 0 aliphatic heterocycles. The Balaban J connectivity index is 1.66. The van der Waals surface area contributed by atoms with Crippen LogP contribution in [0.25, 0.3) is 43.8 Å². The standard InChI is InChI=1S/C26H13F9N2O2S/c27-23(28,25(31,32)33)24(29,30)26(34,35)40(38)39-19-12-10-14-4-1-2-6-17(14)20(19)18-11-9-16-8-7-15-5-3-13-36-21(15)22(16)37-18/h1-13H. The molecule has 1 atom stereocenters. The van der Waals surface area contributed by atoms with Crippen molar-refractivity contribution in [1.82, 2.24) is 9.97 Å². The molecule has 40 heavy (non-hydrogen) atoms. The number of aromatic nitrogens is 2. The maximum Gasteiger partial charge on any atom is 0.460 e. The van der Waals surface area contributed by atoms with Crippen molar-refractivity contribution in [3.8, 4) is 17.0 Å². The molecule has 0 bridgehead atoms. The Labute approximate surface area is 221 Å². The summed E-state index contributed by atoms with van der Waals surface area (Å²) < 4.78 is 138. The Hall–Kier alpha value is -3.94. The van der Waals surface area contributed by atoms with E-state index in [2.05, 4.69) is 14.2 Å². The van der Waals surface area contributed by atoms with Crippen molar-refractivity contribution in [2.24, 2.45) is 0 Å². The van der Waals surface area contributed by atoms with Crippen molar-refractivity contribution in [2.45, 2.75) is 23.3 Å². The van der Waals surface area contributed by atoms with E-state index < -0.39 is 40.1 Å². The van der Waals surface area contributed by atoms with Crippen LogP contribution in [0.3, 0.4) is 0 Å². The topological polar surface area (TPSA) is 52.1 Å². The molecule has 0 radical (unpaired) electrons. The van der Waals surface area contributed by atoms with Gasteiger partial charge in [0.05, 0.1) is 22.3 Å². The van der Waals surface area contributed by atoms with Gasteiger partial charge in [-0.05, 0) is 29.0 Å². The second-order valence-electron chi connectivity index (χ2n) is 8.55.